The van der Waals surface area contributed by atoms with Gasteiger partial charge in [-0.2, -0.15) is 4.31 Å². The number of carboxylic acid groups (broad SMARTS) is 1. The second-order valence-electron chi connectivity index (χ2n) is 4.84. The fraction of sp³-hybridized carbons (Fsp3) is 0.417. The maximum Gasteiger partial charge on any atom is 0.318 e. The highest BCUT2D eigenvalue weighted by Crippen LogP contribution is 2.31. The summed E-state index contributed by atoms with van der Waals surface area (Å²) < 4.78 is 26.2. The minimum atomic E-state index is -4.17. The van der Waals surface area contributed by atoms with E-state index in [-0.39, 0.29) is 15.1 Å². The van der Waals surface area contributed by atoms with Gasteiger partial charge in [0.1, 0.15) is 6.54 Å². The van der Waals surface area contributed by atoms with Gasteiger partial charge in [-0.15, -0.1) is 0 Å². The summed E-state index contributed by atoms with van der Waals surface area (Å²) in [6.45, 7) is 3.81. The van der Waals surface area contributed by atoms with Crippen LogP contribution in [-0.2, 0) is 14.8 Å². The molecule has 0 fully saturated rings. The van der Waals surface area contributed by atoms with Crippen molar-refractivity contribution in [1.82, 2.24) is 4.31 Å². The number of hydrogen-bond donors (Lipinski definition) is 1. The minimum Gasteiger partial charge on any atom is -0.480 e. The topological polar surface area (TPSA) is 118 Å². The third kappa shape index (κ3) is 3.81. The first-order chi connectivity index (χ1) is 9.98. The lowest BCUT2D eigenvalue weighted by atomic mass is 10.2. The molecule has 0 aliphatic carbocycles. The molecule has 0 saturated carbocycles. The zero-order chi connectivity index (χ0) is 17.2. The van der Waals surface area contributed by atoms with Crippen LogP contribution in [0, 0.1) is 17.0 Å². The van der Waals surface area contributed by atoms with Gasteiger partial charge in [-0.25, -0.2) is 8.42 Å². The number of sulfonamides is 1. The van der Waals surface area contributed by atoms with E-state index in [1.807, 2.05) is 0 Å². The summed E-state index contributed by atoms with van der Waals surface area (Å²) in [5.41, 5.74) is -0.0646. The van der Waals surface area contributed by atoms with Gasteiger partial charge < -0.3 is 5.11 Å². The van der Waals surface area contributed by atoms with E-state index >= 15 is 0 Å². The van der Waals surface area contributed by atoms with Crippen molar-refractivity contribution < 1.29 is 23.2 Å². The molecule has 0 saturated heterocycles. The van der Waals surface area contributed by atoms with E-state index in [0.29, 0.717) is 5.56 Å². The molecule has 0 aliphatic heterocycles. The van der Waals surface area contributed by atoms with Gasteiger partial charge in [0.15, 0.2) is 0 Å². The number of aliphatic carboxylic acids is 1. The highest BCUT2D eigenvalue weighted by molar-refractivity contribution is 9.10. The Morgan fingerprint density at radius 3 is 2.41 bits per heavy atom. The fourth-order valence-corrected chi connectivity index (χ4v) is 4.03. The molecule has 1 aromatic carbocycles. The Hall–Kier alpha value is -1.52. The Morgan fingerprint density at radius 1 is 1.45 bits per heavy atom. The smallest absolute Gasteiger partial charge is 0.318 e. The first-order valence-corrected chi connectivity index (χ1v) is 8.40. The highest BCUT2D eigenvalue weighted by Gasteiger charge is 2.31. The molecule has 0 heterocycles. The Bertz CT molecular complexity index is 717. The number of rotatable bonds is 6. The van der Waals surface area contributed by atoms with E-state index in [4.69, 9.17) is 5.11 Å². The molecule has 22 heavy (non-hydrogen) atoms. The number of hydrogen-bond acceptors (Lipinski definition) is 5. The molecule has 0 radical (unpaired) electrons. The second kappa shape index (κ2) is 6.71. The normalized spacial score (nSPS) is 11.9. The molecule has 8 nitrogen and oxygen atoms in total. The standard InChI is InChI=1S/C12H15BrN2O6S/c1-7(2)14(6-12(16)17)22(20,21)9-4-10(13)8(3)11(5-9)15(18)19/h4-5,7H,6H2,1-3H3,(H,16,17). The van der Waals surface area contributed by atoms with Crippen molar-refractivity contribution >= 4 is 37.6 Å². The Morgan fingerprint density at radius 2 is 2.00 bits per heavy atom. The number of benzene rings is 1. The monoisotopic (exact) mass is 394 g/mol. The van der Waals surface area contributed by atoms with Gasteiger partial charge in [-0.1, -0.05) is 15.9 Å². The number of carboxylic acids is 1. The van der Waals surface area contributed by atoms with Crippen LogP contribution in [0.15, 0.2) is 21.5 Å². The van der Waals surface area contributed by atoms with Gasteiger partial charge >= 0.3 is 5.97 Å². The lowest BCUT2D eigenvalue weighted by Gasteiger charge is -2.24. The van der Waals surface area contributed by atoms with Crippen LogP contribution in [0.25, 0.3) is 0 Å². The van der Waals surface area contributed by atoms with E-state index in [1.165, 1.54) is 26.8 Å². The summed E-state index contributed by atoms with van der Waals surface area (Å²) in [6.07, 6.45) is 0. The summed E-state index contributed by atoms with van der Waals surface area (Å²) in [5, 5.41) is 19.9. The van der Waals surface area contributed by atoms with Gasteiger partial charge in [0, 0.05) is 22.1 Å². The summed E-state index contributed by atoms with van der Waals surface area (Å²) in [7, 11) is -4.17. The second-order valence-corrected chi connectivity index (χ2v) is 7.59. The summed E-state index contributed by atoms with van der Waals surface area (Å²) in [5.74, 6) is -1.31. The van der Waals surface area contributed by atoms with Gasteiger partial charge in [0.05, 0.1) is 9.82 Å². The van der Waals surface area contributed by atoms with Crippen molar-refractivity contribution in [1.29, 1.82) is 0 Å². The maximum absolute atomic E-state index is 12.6. The van der Waals surface area contributed by atoms with Gasteiger partial charge in [0.2, 0.25) is 10.0 Å². The van der Waals surface area contributed by atoms with Crippen molar-refractivity contribution in [2.45, 2.75) is 31.7 Å². The van der Waals surface area contributed by atoms with E-state index in [0.717, 1.165) is 10.4 Å². The molecule has 0 aliphatic rings. The predicted octanol–water partition coefficient (Wildman–Crippen LogP) is 2.15. The quantitative estimate of drug-likeness (QED) is 0.583. The van der Waals surface area contributed by atoms with Crippen LogP contribution in [0.5, 0.6) is 0 Å². The molecule has 0 unspecified atom stereocenters. The van der Waals surface area contributed by atoms with Crippen molar-refractivity contribution in [3.05, 3.63) is 32.3 Å². The first-order valence-electron chi connectivity index (χ1n) is 6.16. The van der Waals surface area contributed by atoms with Crippen LogP contribution in [0.1, 0.15) is 19.4 Å². The van der Waals surface area contributed by atoms with E-state index < -0.39 is 33.5 Å². The van der Waals surface area contributed by atoms with Crippen molar-refractivity contribution in [3.63, 3.8) is 0 Å². The number of nitro benzene ring substituents is 1. The summed E-state index contributed by atoms with van der Waals surface area (Å²) in [6, 6.07) is 1.56. The highest BCUT2D eigenvalue weighted by atomic mass is 79.9. The summed E-state index contributed by atoms with van der Waals surface area (Å²) >= 11 is 3.09. The van der Waals surface area contributed by atoms with Gasteiger partial charge in [-0.05, 0) is 26.8 Å². The molecule has 1 aromatic rings. The molecule has 0 amide bonds. The number of nitro groups is 1. The van der Waals surface area contributed by atoms with Crippen LogP contribution < -0.4 is 0 Å². The van der Waals surface area contributed by atoms with Crippen molar-refractivity contribution in [3.8, 4) is 0 Å². The molecule has 0 bridgehead atoms. The molecular formula is C12H15BrN2O6S. The largest absolute Gasteiger partial charge is 0.480 e. The van der Waals surface area contributed by atoms with Crippen LogP contribution >= 0.6 is 15.9 Å². The number of halogens is 1. The third-order valence-corrected chi connectivity index (χ3v) is 5.78. The molecule has 122 valence electrons. The Kier molecular flexibility index (Phi) is 5.65. The lowest BCUT2D eigenvalue weighted by molar-refractivity contribution is -0.385. The molecule has 1 rings (SSSR count). The van der Waals surface area contributed by atoms with E-state index in [9.17, 15) is 23.3 Å². The molecular weight excluding hydrogens is 380 g/mol. The molecule has 10 heteroatoms. The molecule has 0 spiro atoms. The van der Waals surface area contributed by atoms with Crippen LogP contribution in [-0.4, -0.2) is 41.3 Å². The Balaban J connectivity index is 3.50. The number of nitrogens with zero attached hydrogens (tertiary/aromatic N) is 2. The average molecular weight is 395 g/mol. The molecule has 0 aromatic heterocycles. The van der Waals surface area contributed by atoms with Crippen LogP contribution in [0.3, 0.4) is 0 Å². The zero-order valence-corrected chi connectivity index (χ0v) is 14.5. The molecule has 0 atom stereocenters. The Labute approximate surface area is 136 Å². The third-order valence-electron chi connectivity index (χ3n) is 2.96. The van der Waals surface area contributed by atoms with Gasteiger partial charge in [0.25, 0.3) is 5.69 Å². The summed E-state index contributed by atoms with van der Waals surface area (Å²) in [4.78, 5) is 20.9. The number of carbonyl (C=O) groups is 1. The van der Waals surface area contributed by atoms with Gasteiger partial charge in [-0.3, -0.25) is 14.9 Å². The van der Waals surface area contributed by atoms with E-state index in [1.54, 1.807) is 0 Å². The minimum absolute atomic E-state index is 0.263. The molecule has 1 N–H and O–H groups in total. The predicted molar refractivity (Wildman–Crippen MR) is 82.2 cm³/mol. The first kappa shape index (κ1) is 18.5. The lowest BCUT2D eigenvalue weighted by Crippen LogP contribution is -2.40. The SMILES string of the molecule is Cc1c(Br)cc(S(=O)(=O)N(CC(=O)O)C(C)C)cc1[N+](=O)[O-]. The maximum atomic E-state index is 12.6. The fourth-order valence-electron chi connectivity index (χ4n) is 1.79. The van der Waals surface area contributed by atoms with Crippen molar-refractivity contribution in [2.24, 2.45) is 0 Å². The van der Waals surface area contributed by atoms with Crippen molar-refractivity contribution in [2.75, 3.05) is 6.54 Å². The van der Waals surface area contributed by atoms with E-state index in [2.05, 4.69) is 15.9 Å². The van der Waals surface area contributed by atoms with Crippen LogP contribution in [0.4, 0.5) is 5.69 Å². The zero-order valence-electron chi connectivity index (χ0n) is 12.1. The van der Waals surface area contributed by atoms with Crippen LogP contribution in [0.2, 0.25) is 0 Å². The average Bonchev–Trinajstić information content (AvgIpc) is 2.37.